The maximum Gasteiger partial charge on any atom is 0.177 e. The van der Waals surface area contributed by atoms with Crippen LogP contribution in [0, 0.1) is 0 Å². The summed E-state index contributed by atoms with van der Waals surface area (Å²) in [5.74, 6) is 0.821. The molecule has 130 valence electrons. The zero-order chi connectivity index (χ0) is 18.1. The summed E-state index contributed by atoms with van der Waals surface area (Å²) in [6, 6.07) is 18.2. The van der Waals surface area contributed by atoms with Crippen molar-refractivity contribution < 1.29 is 0 Å². The summed E-state index contributed by atoms with van der Waals surface area (Å²) < 4.78 is 1.83. The minimum atomic E-state index is 0.662. The lowest BCUT2D eigenvalue weighted by Gasteiger charge is -2.04. The Morgan fingerprint density at radius 2 is 1.78 bits per heavy atom. The van der Waals surface area contributed by atoms with Gasteiger partial charge in [-0.1, -0.05) is 18.2 Å². The highest BCUT2D eigenvalue weighted by Crippen LogP contribution is 2.16. The van der Waals surface area contributed by atoms with Crippen molar-refractivity contribution in [2.24, 2.45) is 0 Å². The second-order valence-electron chi connectivity index (χ2n) is 6.46. The predicted molar refractivity (Wildman–Crippen MR) is 102 cm³/mol. The fraction of sp³-hybridized carbons (Fsp3) is 0.0952. The lowest BCUT2D eigenvalue weighted by Crippen LogP contribution is -2.04. The molecule has 0 N–H and O–H groups in total. The van der Waals surface area contributed by atoms with Gasteiger partial charge in [-0.15, -0.1) is 10.2 Å². The maximum absolute atomic E-state index is 4.74. The first-order valence-corrected chi connectivity index (χ1v) is 8.78. The van der Waals surface area contributed by atoms with E-state index in [9.17, 15) is 0 Å². The number of hydrogen-bond acceptors (Lipinski definition) is 5. The van der Waals surface area contributed by atoms with E-state index in [0.717, 1.165) is 45.6 Å². The predicted octanol–water partition coefficient (Wildman–Crippen LogP) is 3.25. The molecule has 0 amide bonds. The first-order chi connectivity index (χ1) is 13.3. The number of nitrogens with zero attached hydrogens (tertiary/aromatic N) is 6. The van der Waals surface area contributed by atoms with Crippen molar-refractivity contribution >= 4 is 16.6 Å². The van der Waals surface area contributed by atoms with Gasteiger partial charge in [-0.05, 0) is 47.5 Å². The van der Waals surface area contributed by atoms with Gasteiger partial charge in [-0.3, -0.25) is 9.97 Å². The highest BCUT2D eigenvalue weighted by Gasteiger charge is 2.10. The summed E-state index contributed by atoms with van der Waals surface area (Å²) in [5.41, 5.74) is 4.98. The van der Waals surface area contributed by atoms with E-state index >= 15 is 0 Å². The van der Waals surface area contributed by atoms with E-state index < -0.39 is 0 Å². The second-order valence-corrected chi connectivity index (χ2v) is 6.46. The van der Waals surface area contributed by atoms with Gasteiger partial charge in [0.05, 0.1) is 11.2 Å². The third kappa shape index (κ3) is 3.13. The summed E-state index contributed by atoms with van der Waals surface area (Å²) in [4.78, 5) is 8.54. The van der Waals surface area contributed by atoms with E-state index in [-0.39, 0.29) is 0 Å². The SMILES string of the molecule is c1cncc(Cc2ccc3nnc(Cc4ccc5ncccc5c4)n3n2)c1. The monoisotopic (exact) mass is 352 g/mol. The molecule has 6 heteroatoms. The second kappa shape index (κ2) is 6.57. The van der Waals surface area contributed by atoms with Crippen LogP contribution in [0.4, 0.5) is 0 Å². The Morgan fingerprint density at radius 3 is 2.70 bits per heavy atom. The highest BCUT2D eigenvalue weighted by atomic mass is 15.4. The van der Waals surface area contributed by atoms with E-state index in [1.807, 2.05) is 47.2 Å². The molecule has 5 rings (SSSR count). The lowest BCUT2D eigenvalue weighted by atomic mass is 10.1. The zero-order valence-electron chi connectivity index (χ0n) is 14.5. The van der Waals surface area contributed by atoms with Crippen LogP contribution in [0.3, 0.4) is 0 Å². The smallest absolute Gasteiger partial charge is 0.177 e. The quantitative estimate of drug-likeness (QED) is 0.497. The molecule has 0 saturated heterocycles. The Bertz CT molecular complexity index is 1230. The third-order valence-corrected chi connectivity index (χ3v) is 4.52. The maximum atomic E-state index is 4.74. The molecule has 0 aliphatic rings. The van der Waals surface area contributed by atoms with Crippen molar-refractivity contribution in [2.75, 3.05) is 0 Å². The Morgan fingerprint density at radius 1 is 0.815 bits per heavy atom. The van der Waals surface area contributed by atoms with Crippen molar-refractivity contribution in [3.05, 3.63) is 95.8 Å². The van der Waals surface area contributed by atoms with Gasteiger partial charge < -0.3 is 0 Å². The van der Waals surface area contributed by atoms with Crippen LogP contribution in [-0.4, -0.2) is 29.8 Å². The first kappa shape index (κ1) is 15.6. The van der Waals surface area contributed by atoms with Crippen molar-refractivity contribution in [3.8, 4) is 0 Å². The first-order valence-electron chi connectivity index (χ1n) is 8.78. The molecule has 0 saturated carbocycles. The number of rotatable bonds is 4. The number of benzene rings is 1. The van der Waals surface area contributed by atoms with Crippen LogP contribution in [0.15, 0.2) is 73.2 Å². The zero-order valence-corrected chi connectivity index (χ0v) is 14.5. The molecule has 0 bridgehead atoms. The van der Waals surface area contributed by atoms with Gasteiger partial charge in [0.15, 0.2) is 11.5 Å². The van der Waals surface area contributed by atoms with E-state index in [0.29, 0.717) is 6.42 Å². The molecule has 6 nitrogen and oxygen atoms in total. The fourth-order valence-electron chi connectivity index (χ4n) is 3.21. The van der Waals surface area contributed by atoms with E-state index in [1.54, 1.807) is 6.20 Å². The molecule has 27 heavy (non-hydrogen) atoms. The molecule has 1 aromatic carbocycles. The van der Waals surface area contributed by atoms with Crippen LogP contribution in [0.1, 0.15) is 22.6 Å². The van der Waals surface area contributed by atoms with Gasteiger partial charge in [-0.25, -0.2) is 0 Å². The average Bonchev–Trinajstić information content (AvgIpc) is 3.11. The van der Waals surface area contributed by atoms with E-state index in [1.165, 1.54) is 0 Å². The van der Waals surface area contributed by atoms with E-state index in [4.69, 9.17) is 5.10 Å². The minimum Gasteiger partial charge on any atom is -0.264 e. The molecule has 0 atom stereocenters. The topological polar surface area (TPSA) is 68.9 Å². The standard InChI is InChI=1S/C21H16N6/c1-3-16(14-22-9-1)12-18-6-8-20-24-25-21(27(20)26-18)13-15-5-7-19-17(11-15)4-2-10-23-19/h1-11,14H,12-13H2. The molecule has 5 aromatic rings. The van der Waals surface area contributed by atoms with Crippen LogP contribution < -0.4 is 0 Å². The molecule has 0 radical (unpaired) electrons. The number of aromatic nitrogens is 6. The van der Waals surface area contributed by atoms with Gasteiger partial charge >= 0.3 is 0 Å². The molecule has 0 spiro atoms. The summed E-state index contributed by atoms with van der Waals surface area (Å²) in [6.07, 6.45) is 6.83. The third-order valence-electron chi connectivity index (χ3n) is 4.52. The highest BCUT2D eigenvalue weighted by molar-refractivity contribution is 5.78. The summed E-state index contributed by atoms with van der Waals surface area (Å²) >= 11 is 0. The average molecular weight is 352 g/mol. The van der Waals surface area contributed by atoms with Crippen molar-refractivity contribution in [2.45, 2.75) is 12.8 Å². The Labute approximate surface area is 155 Å². The van der Waals surface area contributed by atoms with Crippen LogP contribution >= 0.6 is 0 Å². The van der Waals surface area contributed by atoms with E-state index in [2.05, 4.69) is 44.4 Å². The van der Waals surface area contributed by atoms with Crippen LogP contribution in [0.2, 0.25) is 0 Å². The molecule has 4 heterocycles. The number of fused-ring (bicyclic) bond motifs is 2. The molecular formula is C21H16N6. The molecule has 4 aromatic heterocycles. The molecule has 0 aliphatic carbocycles. The number of hydrogen-bond donors (Lipinski definition) is 0. The summed E-state index contributed by atoms with van der Waals surface area (Å²) in [7, 11) is 0. The largest absolute Gasteiger partial charge is 0.264 e. The van der Waals surface area contributed by atoms with Crippen LogP contribution in [0.25, 0.3) is 16.6 Å². The minimum absolute atomic E-state index is 0.662. The molecule has 0 unspecified atom stereocenters. The van der Waals surface area contributed by atoms with Crippen molar-refractivity contribution in [1.82, 2.24) is 29.8 Å². The summed E-state index contributed by atoms with van der Waals surface area (Å²) in [5, 5.41) is 14.5. The lowest BCUT2D eigenvalue weighted by molar-refractivity contribution is 0.807. The molecular weight excluding hydrogens is 336 g/mol. The van der Waals surface area contributed by atoms with Gasteiger partial charge in [0.25, 0.3) is 0 Å². The summed E-state index contributed by atoms with van der Waals surface area (Å²) in [6.45, 7) is 0. The van der Waals surface area contributed by atoms with Crippen molar-refractivity contribution in [3.63, 3.8) is 0 Å². The van der Waals surface area contributed by atoms with Crippen molar-refractivity contribution in [1.29, 1.82) is 0 Å². The fourth-order valence-corrected chi connectivity index (χ4v) is 3.21. The Balaban J connectivity index is 1.48. The van der Waals surface area contributed by atoms with Gasteiger partial charge in [0.2, 0.25) is 0 Å². The molecule has 0 aliphatic heterocycles. The van der Waals surface area contributed by atoms with Gasteiger partial charge in [0, 0.05) is 36.8 Å². The van der Waals surface area contributed by atoms with Crippen LogP contribution in [-0.2, 0) is 12.8 Å². The molecule has 0 fully saturated rings. The Kier molecular flexibility index (Phi) is 3.79. The van der Waals surface area contributed by atoms with Gasteiger partial charge in [0.1, 0.15) is 0 Å². The van der Waals surface area contributed by atoms with Crippen LogP contribution in [0.5, 0.6) is 0 Å². The normalized spacial score (nSPS) is 11.3. The number of pyridine rings is 2. The van der Waals surface area contributed by atoms with Gasteiger partial charge in [-0.2, -0.15) is 9.61 Å². The Hall–Kier alpha value is -3.67.